The van der Waals surface area contributed by atoms with Crippen molar-refractivity contribution in [2.45, 2.75) is 6.42 Å². The van der Waals surface area contributed by atoms with Gasteiger partial charge in [-0.3, -0.25) is 4.68 Å². The number of nitrogens with one attached hydrogen (secondary N) is 1. The van der Waals surface area contributed by atoms with Gasteiger partial charge < -0.3 is 11.1 Å². The smallest absolute Gasteiger partial charge is 0.226 e. The summed E-state index contributed by atoms with van der Waals surface area (Å²) in [5, 5.41) is 10.7. The largest absolute Gasteiger partial charge is 0.383 e. The zero-order valence-electron chi connectivity index (χ0n) is 13.4. The first-order chi connectivity index (χ1) is 11.7. The number of nitrogens with zero attached hydrogens (tertiary/aromatic N) is 4. The van der Waals surface area contributed by atoms with E-state index in [1.165, 1.54) is 16.3 Å². The van der Waals surface area contributed by atoms with Crippen molar-refractivity contribution in [3.8, 4) is 0 Å². The molecule has 0 fully saturated rings. The van der Waals surface area contributed by atoms with Gasteiger partial charge in [-0.05, 0) is 22.8 Å². The molecular weight excluding hydrogens is 300 g/mol. The quantitative estimate of drug-likeness (QED) is 0.604. The molecule has 0 unspecified atom stereocenters. The van der Waals surface area contributed by atoms with Crippen LogP contribution >= 0.6 is 0 Å². The Kier molecular flexibility index (Phi) is 3.49. The van der Waals surface area contributed by atoms with Crippen molar-refractivity contribution < 1.29 is 0 Å². The number of aromatic nitrogens is 4. The van der Waals surface area contributed by atoms with Crippen LogP contribution in [0.3, 0.4) is 0 Å². The Morgan fingerprint density at radius 2 is 1.88 bits per heavy atom. The summed E-state index contributed by atoms with van der Waals surface area (Å²) in [6.07, 6.45) is 2.57. The first kappa shape index (κ1) is 14.4. The predicted molar refractivity (Wildman–Crippen MR) is 96.9 cm³/mol. The van der Waals surface area contributed by atoms with Crippen molar-refractivity contribution in [2.24, 2.45) is 7.05 Å². The van der Waals surface area contributed by atoms with Crippen LogP contribution in [0.25, 0.3) is 21.8 Å². The lowest BCUT2D eigenvalue weighted by molar-refractivity contribution is 0.785. The number of hydrogen-bond donors (Lipinski definition) is 2. The molecule has 24 heavy (non-hydrogen) atoms. The van der Waals surface area contributed by atoms with Gasteiger partial charge in [0.25, 0.3) is 0 Å². The lowest BCUT2D eigenvalue weighted by Crippen LogP contribution is -2.10. The molecule has 4 aromatic rings. The average molecular weight is 318 g/mol. The van der Waals surface area contributed by atoms with Gasteiger partial charge in [-0.15, -0.1) is 0 Å². The highest BCUT2D eigenvalue weighted by Gasteiger charge is 2.09. The van der Waals surface area contributed by atoms with Gasteiger partial charge in [0.15, 0.2) is 5.65 Å². The fraction of sp³-hybridized carbons (Fsp3) is 0.167. The van der Waals surface area contributed by atoms with Crippen LogP contribution in [0, 0.1) is 0 Å². The number of fused-ring (bicyclic) bond motifs is 2. The lowest BCUT2D eigenvalue weighted by atomic mass is 10.0. The van der Waals surface area contributed by atoms with Gasteiger partial charge in [0, 0.05) is 13.6 Å². The van der Waals surface area contributed by atoms with Crippen LogP contribution in [0.2, 0.25) is 0 Å². The van der Waals surface area contributed by atoms with E-state index in [4.69, 9.17) is 5.73 Å². The summed E-state index contributed by atoms with van der Waals surface area (Å²) < 4.78 is 1.70. The fourth-order valence-corrected chi connectivity index (χ4v) is 2.94. The highest BCUT2D eigenvalue weighted by Crippen LogP contribution is 2.20. The monoisotopic (exact) mass is 318 g/mol. The van der Waals surface area contributed by atoms with Crippen molar-refractivity contribution in [1.29, 1.82) is 0 Å². The van der Waals surface area contributed by atoms with Crippen molar-refractivity contribution >= 4 is 33.6 Å². The van der Waals surface area contributed by atoms with E-state index in [2.05, 4.69) is 62.8 Å². The molecule has 3 N–H and O–H groups in total. The molecule has 0 saturated carbocycles. The van der Waals surface area contributed by atoms with Gasteiger partial charge in [0.1, 0.15) is 5.82 Å². The van der Waals surface area contributed by atoms with Crippen LogP contribution in [0.1, 0.15) is 5.56 Å². The summed E-state index contributed by atoms with van der Waals surface area (Å²) in [6.45, 7) is 0.733. The van der Waals surface area contributed by atoms with Crippen molar-refractivity contribution in [3.63, 3.8) is 0 Å². The number of nitrogens with two attached hydrogens (primary N) is 1. The summed E-state index contributed by atoms with van der Waals surface area (Å²) in [7, 11) is 1.84. The molecule has 0 amide bonds. The summed E-state index contributed by atoms with van der Waals surface area (Å²) in [5.41, 5.74) is 8.02. The molecule has 2 heterocycles. The molecule has 0 atom stereocenters. The Bertz CT molecular complexity index is 1020. The first-order valence-electron chi connectivity index (χ1n) is 7.88. The van der Waals surface area contributed by atoms with E-state index >= 15 is 0 Å². The average Bonchev–Trinajstić information content (AvgIpc) is 2.97. The predicted octanol–water partition coefficient (Wildman–Crippen LogP) is 2.75. The number of anilines is 2. The Balaban J connectivity index is 1.54. The van der Waals surface area contributed by atoms with Crippen LogP contribution < -0.4 is 11.1 Å². The van der Waals surface area contributed by atoms with Gasteiger partial charge in [-0.2, -0.15) is 15.1 Å². The molecule has 4 rings (SSSR count). The third-order valence-corrected chi connectivity index (χ3v) is 4.18. The maximum absolute atomic E-state index is 5.98. The molecule has 0 bridgehead atoms. The number of hydrogen-bond acceptors (Lipinski definition) is 5. The van der Waals surface area contributed by atoms with Crippen molar-refractivity contribution in [1.82, 2.24) is 19.7 Å². The highest BCUT2D eigenvalue weighted by atomic mass is 15.3. The Morgan fingerprint density at radius 3 is 2.79 bits per heavy atom. The second-order valence-electron chi connectivity index (χ2n) is 5.75. The maximum atomic E-state index is 5.98. The number of benzene rings is 2. The molecule has 0 saturated heterocycles. The van der Waals surface area contributed by atoms with E-state index < -0.39 is 0 Å². The molecular formula is C18H18N6. The van der Waals surface area contributed by atoms with Gasteiger partial charge >= 0.3 is 0 Å². The van der Waals surface area contributed by atoms with Gasteiger partial charge in [-0.1, -0.05) is 42.5 Å². The highest BCUT2D eigenvalue weighted by molar-refractivity contribution is 5.86. The zero-order valence-corrected chi connectivity index (χ0v) is 13.4. The summed E-state index contributed by atoms with van der Waals surface area (Å²) in [5.74, 6) is 0.976. The molecule has 6 heteroatoms. The fourth-order valence-electron chi connectivity index (χ4n) is 2.94. The normalized spacial score (nSPS) is 11.2. The van der Waals surface area contributed by atoms with Gasteiger partial charge in [0.05, 0.1) is 11.6 Å². The maximum Gasteiger partial charge on any atom is 0.226 e. The van der Waals surface area contributed by atoms with E-state index in [9.17, 15) is 0 Å². The Hall–Kier alpha value is -3.15. The minimum atomic E-state index is 0.445. The van der Waals surface area contributed by atoms with Crippen molar-refractivity contribution in [2.75, 3.05) is 17.6 Å². The van der Waals surface area contributed by atoms with E-state index in [-0.39, 0.29) is 0 Å². The van der Waals surface area contributed by atoms with E-state index in [1.54, 1.807) is 10.9 Å². The third-order valence-electron chi connectivity index (χ3n) is 4.18. The second kappa shape index (κ2) is 5.81. The molecule has 0 radical (unpaired) electrons. The zero-order chi connectivity index (χ0) is 16.5. The molecule has 0 aliphatic carbocycles. The van der Waals surface area contributed by atoms with Crippen LogP contribution in [0.4, 0.5) is 11.8 Å². The minimum absolute atomic E-state index is 0.445. The second-order valence-corrected chi connectivity index (χ2v) is 5.75. The first-order valence-corrected chi connectivity index (χ1v) is 7.88. The number of aryl methyl sites for hydroxylation is 1. The van der Waals surface area contributed by atoms with E-state index in [0.717, 1.165) is 24.0 Å². The topological polar surface area (TPSA) is 81.7 Å². The summed E-state index contributed by atoms with van der Waals surface area (Å²) in [6, 6.07) is 14.8. The number of rotatable bonds is 4. The Labute approximate surface area is 139 Å². The molecule has 2 aromatic carbocycles. The third kappa shape index (κ3) is 2.52. The van der Waals surface area contributed by atoms with Crippen LogP contribution in [-0.4, -0.2) is 26.3 Å². The molecule has 120 valence electrons. The molecule has 0 aliphatic rings. The van der Waals surface area contributed by atoms with Crippen molar-refractivity contribution in [3.05, 3.63) is 54.2 Å². The summed E-state index contributed by atoms with van der Waals surface area (Å²) in [4.78, 5) is 8.80. The minimum Gasteiger partial charge on any atom is -0.383 e. The van der Waals surface area contributed by atoms with Gasteiger partial charge in [0.2, 0.25) is 5.95 Å². The van der Waals surface area contributed by atoms with Crippen LogP contribution in [0.15, 0.2) is 48.7 Å². The van der Waals surface area contributed by atoms with E-state index in [1.807, 2.05) is 7.05 Å². The van der Waals surface area contributed by atoms with Gasteiger partial charge in [-0.25, -0.2) is 0 Å². The molecule has 0 aliphatic heterocycles. The molecule has 2 aromatic heterocycles. The van der Waals surface area contributed by atoms with Crippen LogP contribution in [0.5, 0.6) is 0 Å². The summed E-state index contributed by atoms with van der Waals surface area (Å²) >= 11 is 0. The molecule has 0 spiro atoms. The number of nitrogen functional groups attached to an aromatic ring is 1. The SMILES string of the molecule is Cn1ncc2c(N)nc(NCCc3cccc4ccccc34)nc21. The standard InChI is InChI=1S/C18H18N6/c1-24-17-15(11-21-24)16(19)22-18(23-17)20-10-9-13-7-4-6-12-5-2-3-8-14(12)13/h2-8,11H,9-10H2,1H3,(H3,19,20,22,23). The van der Waals surface area contributed by atoms with E-state index in [0.29, 0.717) is 11.8 Å². The molecule has 6 nitrogen and oxygen atoms in total. The van der Waals surface area contributed by atoms with Crippen LogP contribution in [-0.2, 0) is 13.5 Å². The Morgan fingerprint density at radius 1 is 1.04 bits per heavy atom. The lowest BCUT2D eigenvalue weighted by Gasteiger charge is -2.09.